The molecule has 0 rings (SSSR count). The molecule has 102 valence electrons. The van der Waals surface area contributed by atoms with Crippen molar-refractivity contribution in [1.29, 1.82) is 0 Å². The molecule has 6 heteroatoms. The first-order valence-electron chi connectivity index (χ1n) is 5.67. The number of hydrogen-bond donors (Lipinski definition) is 1. The SMILES string of the molecule is CCCC(C)(CN(CC)CC(F)(F)F)C(=O)O. The summed E-state index contributed by atoms with van der Waals surface area (Å²) in [4.78, 5) is 12.2. The van der Waals surface area contributed by atoms with E-state index in [9.17, 15) is 18.0 Å². The van der Waals surface area contributed by atoms with Gasteiger partial charge in [-0.1, -0.05) is 20.3 Å². The van der Waals surface area contributed by atoms with Crippen LogP contribution in [0, 0.1) is 5.41 Å². The minimum atomic E-state index is -4.29. The van der Waals surface area contributed by atoms with E-state index in [1.54, 1.807) is 6.92 Å². The fraction of sp³-hybridized carbons (Fsp3) is 0.909. The lowest BCUT2D eigenvalue weighted by molar-refractivity contribution is -0.159. The molecule has 0 amide bonds. The Balaban J connectivity index is 4.66. The number of nitrogens with zero attached hydrogens (tertiary/aromatic N) is 1. The van der Waals surface area contributed by atoms with E-state index in [1.165, 1.54) is 6.92 Å². The summed E-state index contributed by atoms with van der Waals surface area (Å²) in [6, 6.07) is 0. The summed E-state index contributed by atoms with van der Waals surface area (Å²) in [5.41, 5.74) is -1.12. The molecule has 0 heterocycles. The Labute approximate surface area is 99.6 Å². The van der Waals surface area contributed by atoms with Gasteiger partial charge in [-0.3, -0.25) is 9.69 Å². The molecule has 0 aromatic carbocycles. The normalized spacial score (nSPS) is 15.9. The third-order valence-corrected chi connectivity index (χ3v) is 2.74. The molecule has 0 saturated carbocycles. The van der Waals surface area contributed by atoms with Crippen LogP contribution in [0.25, 0.3) is 0 Å². The minimum absolute atomic E-state index is 0.0772. The predicted octanol–water partition coefficient (Wildman–Crippen LogP) is 2.76. The summed E-state index contributed by atoms with van der Waals surface area (Å²) in [5.74, 6) is -1.04. The minimum Gasteiger partial charge on any atom is -0.481 e. The summed E-state index contributed by atoms with van der Waals surface area (Å²) in [6.45, 7) is 3.97. The van der Waals surface area contributed by atoms with Gasteiger partial charge < -0.3 is 5.11 Å². The van der Waals surface area contributed by atoms with Crippen molar-refractivity contribution < 1.29 is 23.1 Å². The predicted molar refractivity (Wildman–Crippen MR) is 58.8 cm³/mol. The van der Waals surface area contributed by atoms with Crippen molar-refractivity contribution in [3.63, 3.8) is 0 Å². The van der Waals surface area contributed by atoms with Gasteiger partial charge in [-0.25, -0.2) is 0 Å². The Morgan fingerprint density at radius 2 is 1.76 bits per heavy atom. The van der Waals surface area contributed by atoms with Crippen LogP contribution in [0.15, 0.2) is 0 Å². The molecular formula is C11H20F3NO2. The number of halogens is 3. The molecular weight excluding hydrogens is 235 g/mol. The molecule has 0 aliphatic heterocycles. The van der Waals surface area contributed by atoms with Gasteiger partial charge in [-0.15, -0.1) is 0 Å². The zero-order chi connectivity index (χ0) is 13.7. The monoisotopic (exact) mass is 255 g/mol. The third kappa shape index (κ3) is 5.91. The smallest absolute Gasteiger partial charge is 0.401 e. The van der Waals surface area contributed by atoms with Crippen LogP contribution in [0.5, 0.6) is 0 Å². The molecule has 0 radical (unpaired) electrons. The molecule has 1 unspecified atom stereocenters. The number of carboxylic acids is 1. The zero-order valence-corrected chi connectivity index (χ0v) is 10.5. The zero-order valence-electron chi connectivity index (χ0n) is 10.5. The van der Waals surface area contributed by atoms with E-state index in [0.29, 0.717) is 12.8 Å². The molecule has 0 aliphatic rings. The van der Waals surface area contributed by atoms with Crippen LogP contribution in [0.4, 0.5) is 13.2 Å². The molecule has 1 N–H and O–H groups in total. The number of carboxylic acid groups (broad SMARTS) is 1. The fourth-order valence-electron chi connectivity index (χ4n) is 1.83. The lowest BCUT2D eigenvalue weighted by Gasteiger charge is -2.32. The van der Waals surface area contributed by atoms with Gasteiger partial charge in [0.2, 0.25) is 0 Å². The molecule has 0 saturated heterocycles. The lowest BCUT2D eigenvalue weighted by Crippen LogP contribution is -2.44. The van der Waals surface area contributed by atoms with E-state index < -0.39 is 24.1 Å². The Bertz CT molecular complexity index is 256. The van der Waals surface area contributed by atoms with Crippen LogP contribution < -0.4 is 0 Å². The molecule has 17 heavy (non-hydrogen) atoms. The van der Waals surface area contributed by atoms with Crippen LogP contribution >= 0.6 is 0 Å². The van der Waals surface area contributed by atoms with Gasteiger partial charge >= 0.3 is 12.1 Å². The maximum absolute atomic E-state index is 12.3. The largest absolute Gasteiger partial charge is 0.481 e. The maximum Gasteiger partial charge on any atom is 0.401 e. The molecule has 0 fully saturated rings. The number of alkyl halides is 3. The average molecular weight is 255 g/mol. The lowest BCUT2D eigenvalue weighted by atomic mass is 9.85. The van der Waals surface area contributed by atoms with Crippen LogP contribution in [0.1, 0.15) is 33.6 Å². The number of aliphatic carboxylic acids is 1. The molecule has 0 aliphatic carbocycles. The second kappa shape index (κ2) is 6.23. The topological polar surface area (TPSA) is 40.5 Å². The Kier molecular flexibility index (Phi) is 5.95. The van der Waals surface area contributed by atoms with Crippen molar-refractivity contribution in [2.45, 2.75) is 39.8 Å². The molecule has 3 nitrogen and oxygen atoms in total. The number of rotatable bonds is 7. The van der Waals surface area contributed by atoms with Crippen LogP contribution in [-0.2, 0) is 4.79 Å². The molecule has 1 atom stereocenters. The van der Waals surface area contributed by atoms with Crippen molar-refractivity contribution in [3.05, 3.63) is 0 Å². The summed E-state index contributed by atoms with van der Waals surface area (Å²) >= 11 is 0. The van der Waals surface area contributed by atoms with E-state index in [0.717, 1.165) is 4.90 Å². The van der Waals surface area contributed by atoms with E-state index in [2.05, 4.69) is 0 Å². The first kappa shape index (κ1) is 16.2. The Morgan fingerprint density at radius 1 is 1.24 bits per heavy atom. The van der Waals surface area contributed by atoms with Crippen LogP contribution in [-0.4, -0.2) is 41.8 Å². The average Bonchev–Trinajstić information content (AvgIpc) is 2.14. The van der Waals surface area contributed by atoms with Crippen molar-refractivity contribution in [2.24, 2.45) is 5.41 Å². The van der Waals surface area contributed by atoms with Gasteiger partial charge in [0.25, 0.3) is 0 Å². The first-order valence-corrected chi connectivity index (χ1v) is 5.67. The van der Waals surface area contributed by atoms with Crippen molar-refractivity contribution in [2.75, 3.05) is 19.6 Å². The Morgan fingerprint density at radius 3 is 2.06 bits per heavy atom. The van der Waals surface area contributed by atoms with Crippen molar-refractivity contribution in [1.82, 2.24) is 4.90 Å². The first-order chi connectivity index (χ1) is 7.64. The van der Waals surface area contributed by atoms with E-state index in [1.807, 2.05) is 6.92 Å². The van der Waals surface area contributed by atoms with Crippen molar-refractivity contribution >= 4 is 5.97 Å². The van der Waals surface area contributed by atoms with Gasteiger partial charge in [0.05, 0.1) is 12.0 Å². The van der Waals surface area contributed by atoms with E-state index in [-0.39, 0.29) is 13.1 Å². The molecule has 0 spiro atoms. The van der Waals surface area contributed by atoms with Crippen LogP contribution in [0.3, 0.4) is 0 Å². The number of hydrogen-bond acceptors (Lipinski definition) is 2. The Hall–Kier alpha value is -0.780. The third-order valence-electron chi connectivity index (χ3n) is 2.74. The highest BCUT2D eigenvalue weighted by Crippen LogP contribution is 2.27. The molecule has 0 aromatic heterocycles. The summed E-state index contributed by atoms with van der Waals surface area (Å²) in [5, 5.41) is 9.10. The highest BCUT2D eigenvalue weighted by atomic mass is 19.4. The van der Waals surface area contributed by atoms with Gasteiger partial charge in [0.1, 0.15) is 0 Å². The van der Waals surface area contributed by atoms with Gasteiger partial charge in [-0.05, 0) is 19.9 Å². The quantitative estimate of drug-likeness (QED) is 0.760. The fourth-order valence-corrected chi connectivity index (χ4v) is 1.83. The van der Waals surface area contributed by atoms with Gasteiger partial charge in [0, 0.05) is 6.54 Å². The maximum atomic E-state index is 12.3. The standard InChI is InChI=1S/C11H20F3NO2/c1-4-6-10(3,9(16)17)7-15(5-2)8-11(12,13)14/h4-8H2,1-3H3,(H,16,17). The highest BCUT2D eigenvalue weighted by Gasteiger charge is 2.37. The summed E-state index contributed by atoms with van der Waals surface area (Å²) < 4.78 is 36.8. The second-order valence-corrected chi connectivity index (χ2v) is 4.53. The second-order valence-electron chi connectivity index (χ2n) is 4.53. The van der Waals surface area contributed by atoms with E-state index >= 15 is 0 Å². The summed E-state index contributed by atoms with van der Waals surface area (Å²) in [7, 11) is 0. The summed E-state index contributed by atoms with van der Waals surface area (Å²) in [6.07, 6.45) is -3.29. The van der Waals surface area contributed by atoms with E-state index in [4.69, 9.17) is 5.11 Å². The van der Waals surface area contributed by atoms with Crippen LogP contribution in [0.2, 0.25) is 0 Å². The number of carbonyl (C=O) groups is 1. The van der Waals surface area contributed by atoms with Gasteiger partial charge in [-0.2, -0.15) is 13.2 Å². The van der Waals surface area contributed by atoms with Crippen molar-refractivity contribution in [3.8, 4) is 0 Å². The molecule has 0 bridgehead atoms. The highest BCUT2D eigenvalue weighted by molar-refractivity contribution is 5.74. The van der Waals surface area contributed by atoms with Gasteiger partial charge in [0.15, 0.2) is 0 Å². The molecule has 0 aromatic rings.